The summed E-state index contributed by atoms with van der Waals surface area (Å²) < 4.78 is 10.7. The van der Waals surface area contributed by atoms with Gasteiger partial charge in [0.05, 0.1) is 19.8 Å². The summed E-state index contributed by atoms with van der Waals surface area (Å²) in [5.74, 6) is 0.668. The topological polar surface area (TPSA) is 76.0 Å². The van der Waals surface area contributed by atoms with Crippen LogP contribution in [-0.4, -0.2) is 30.7 Å². The van der Waals surface area contributed by atoms with Crippen LogP contribution in [0.2, 0.25) is 0 Å². The second-order valence-corrected chi connectivity index (χ2v) is 5.38. The van der Waals surface area contributed by atoms with Gasteiger partial charge in [-0.1, -0.05) is 6.07 Å². The molecule has 0 aromatic heterocycles. The fraction of sp³-hybridized carbons (Fsp3) is 0.278. The summed E-state index contributed by atoms with van der Waals surface area (Å²) in [6.45, 7) is 3.60. The van der Waals surface area contributed by atoms with Crippen molar-refractivity contribution in [3.8, 4) is 23.0 Å². The van der Waals surface area contributed by atoms with Crippen molar-refractivity contribution >= 4 is 6.29 Å². The summed E-state index contributed by atoms with van der Waals surface area (Å²) in [4.78, 5) is 11.3. The molecule has 0 unspecified atom stereocenters. The molecule has 0 bridgehead atoms. The maximum absolute atomic E-state index is 11.3. The lowest BCUT2D eigenvalue weighted by atomic mass is 9.94. The van der Waals surface area contributed by atoms with Gasteiger partial charge >= 0.3 is 0 Å². The fourth-order valence-corrected chi connectivity index (χ4v) is 2.62. The number of ether oxygens (including phenoxy) is 2. The lowest BCUT2D eigenvalue weighted by Crippen LogP contribution is -2.02. The van der Waals surface area contributed by atoms with E-state index in [1.165, 1.54) is 0 Å². The number of carbonyl (C=O) groups is 1. The van der Waals surface area contributed by atoms with Crippen molar-refractivity contribution in [2.45, 2.75) is 20.3 Å². The van der Waals surface area contributed by atoms with Gasteiger partial charge in [-0.15, -0.1) is 0 Å². The van der Waals surface area contributed by atoms with E-state index in [-0.39, 0.29) is 17.1 Å². The summed E-state index contributed by atoms with van der Waals surface area (Å²) in [5, 5.41) is 19.8. The monoisotopic (exact) mass is 316 g/mol. The van der Waals surface area contributed by atoms with E-state index in [4.69, 9.17) is 9.47 Å². The first-order valence-corrected chi connectivity index (χ1v) is 7.14. The number of phenols is 2. The van der Waals surface area contributed by atoms with Crippen LogP contribution in [0.15, 0.2) is 18.2 Å². The van der Waals surface area contributed by atoms with Crippen LogP contribution in [0, 0.1) is 13.8 Å². The molecule has 0 heterocycles. The van der Waals surface area contributed by atoms with Crippen LogP contribution in [0.4, 0.5) is 0 Å². The van der Waals surface area contributed by atoms with Crippen molar-refractivity contribution in [3.63, 3.8) is 0 Å². The Morgan fingerprint density at radius 1 is 1.00 bits per heavy atom. The van der Waals surface area contributed by atoms with Gasteiger partial charge in [0, 0.05) is 18.1 Å². The highest BCUT2D eigenvalue weighted by molar-refractivity contribution is 5.84. The molecule has 2 aromatic rings. The Balaban J connectivity index is 2.58. The van der Waals surface area contributed by atoms with Crippen LogP contribution < -0.4 is 9.47 Å². The molecule has 5 nitrogen and oxygen atoms in total. The van der Waals surface area contributed by atoms with Gasteiger partial charge in [-0.2, -0.15) is 0 Å². The summed E-state index contributed by atoms with van der Waals surface area (Å²) in [5.41, 5.74) is 3.06. The van der Waals surface area contributed by atoms with Crippen molar-refractivity contribution < 1.29 is 24.5 Å². The van der Waals surface area contributed by atoms with Crippen LogP contribution >= 0.6 is 0 Å². The Hall–Kier alpha value is -2.69. The number of methoxy groups -OCH3 is 2. The van der Waals surface area contributed by atoms with E-state index in [1.807, 2.05) is 13.0 Å². The molecule has 0 saturated carbocycles. The first-order valence-electron chi connectivity index (χ1n) is 7.14. The first kappa shape index (κ1) is 16.7. The van der Waals surface area contributed by atoms with E-state index < -0.39 is 0 Å². The number of hydrogen-bond donors (Lipinski definition) is 2. The predicted molar refractivity (Wildman–Crippen MR) is 87.0 cm³/mol. The number of aryl methyl sites for hydroxylation is 2. The highest BCUT2D eigenvalue weighted by Crippen LogP contribution is 2.37. The Bertz CT molecular complexity index is 750. The van der Waals surface area contributed by atoms with Gasteiger partial charge in [0.15, 0.2) is 17.8 Å². The van der Waals surface area contributed by atoms with Crippen molar-refractivity contribution in [3.05, 3.63) is 46.0 Å². The molecule has 0 atom stereocenters. The van der Waals surface area contributed by atoms with E-state index in [2.05, 4.69) is 0 Å². The fourth-order valence-electron chi connectivity index (χ4n) is 2.62. The molecular formula is C18H20O5. The second kappa shape index (κ2) is 6.60. The third-order valence-electron chi connectivity index (χ3n) is 3.94. The molecule has 0 amide bonds. The molecule has 0 aliphatic rings. The van der Waals surface area contributed by atoms with Crippen LogP contribution in [0.3, 0.4) is 0 Å². The molecule has 2 rings (SSSR count). The molecule has 0 radical (unpaired) electrons. The number of carbonyl (C=O) groups excluding carboxylic acids is 1. The Morgan fingerprint density at radius 3 is 2.26 bits per heavy atom. The van der Waals surface area contributed by atoms with Crippen molar-refractivity contribution in [2.75, 3.05) is 14.2 Å². The van der Waals surface area contributed by atoms with Gasteiger partial charge < -0.3 is 19.7 Å². The maximum atomic E-state index is 11.3. The quantitative estimate of drug-likeness (QED) is 0.654. The lowest BCUT2D eigenvalue weighted by Gasteiger charge is -2.16. The number of aldehydes is 1. The van der Waals surface area contributed by atoms with E-state index in [9.17, 15) is 15.0 Å². The molecule has 5 heteroatoms. The molecule has 0 aliphatic heterocycles. The average Bonchev–Trinajstić information content (AvgIpc) is 2.54. The largest absolute Gasteiger partial charge is 0.504 e. The van der Waals surface area contributed by atoms with E-state index in [1.54, 1.807) is 33.3 Å². The van der Waals surface area contributed by atoms with Gasteiger partial charge in [-0.05, 0) is 36.6 Å². The second-order valence-electron chi connectivity index (χ2n) is 5.38. The van der Waals surface area contributed by atoms with Crippen molar-refractivity contribution in [2.24, 2.45) is 0 Å². The summed E-state index contributed by atoms with van der Waals surface area (Å²) in [6.07, 6.45) is 0.941. The molecule has 0 spiro atoms. The maximum Gasteiger partial charge on any atom is 0.168 e. The molecule has 2 aromatic carbocycles. The Kier molecular flexibility index (Phi) is 4.79. The first-order chi connectivity index (χ1) is 10.9. The molecule has 23 heavy (non-hydrogen) atoms. The van der Waals surface area contributed by atoms with Gasteiger partial charge in [-0.25, -0.2) is 0 Å². The van der Waals surface area contributed by atoms with Crippen LogP contribution in [0.25, 0.3) is 0 Å². The molecule has 0 fully saturated rings. The standard InChI is InChI=1S/C18H20O5/c1-10-6-13(22-3)8-16(23-4)14(10)7-12-5-11(2)17(20)18(21)15(12)9-19/h5-6,8-9,20-21H,7H2,1-4H3. The predicted octanol–water partition coefficient (Wildman–Crippen LogP) is 3.14. The molecule has 0 aliphatic carbocycles. The average molecular weight is 316 g/mol. The number of rotatable bonds is 5. The Morgan fingerprint density at radius 2 is 1.70 bits per heavy atom. The van der Waals surface area contributed by atoms with Gasteiger partial charge in [0.2, 0.25) is 0 Å². The minimum absolute atomic E-state index is 0.0883. The Labute approximate surface area is 135 Å². The summed E-state index contributed by atoms with van der Waals surface area (Å²) in [7, 11) is 3.15. The molecule has 0 saturated heterocycles. The lowest BCUT2D eigenvalue weighted by molar-refractivity contribution is 0.111. The normalized spacial score (nSPS) is 10.4. The van der Waals surface area contributed by atoms with Gasteiger partial charge in [-0.3, -0.25) is 4.79 Å². The number of phenolic OH excluding ortho intramolecular Hbond substituents is 2. The third-order valence-corrected chi connectivity index (χ3v) is 3.94. The van der Waals surface area contributed by atoms with Crippen molar-refractivity contribution in [1.29, 1.82) is 0 Å². The van der Waals surface area contributed by atoms with Crippen molar-refractivity contribution in [1.82, 2.24) is 0 Å². The van der Waals surface area contributed by atoms with Gasteiger partial charge in [0.1, 0.15) is 11.5 Å². The van der Waals surface area contributed by atoms with E-state index in [0.717, 1.165) is 11.1 Å². The summed E-state index contributed by atoms with van der Waals surface area (Å²) in [6, 6.07) is 5.35. The van der Waals surface area contributed by atoms with Gasteiger partial charge in [0.25, 0.3) is 0 Å². The van der Waals surface area contributed by atoms with E-state index in [0.29, 0.717) is 35.3 Å². The molecular weight excluding hydrogens is 296 g/mol. The third kappa shape index (κ3) is 3.08. The van der Waals surface area contributed by atoms with Crippen LogP contribution in [0.5, 0.6) is 23.0 Å². The highest BCUT2D eigenvalue weighted by Gasteiger charge is 2.18. The zero-order chi connectivity index (χ0) is 17.1. The number of benzene rings is 2. The molecule has 2 N–H and O–H groups in total. The van der Waals surface area contributed by atoms with Crippen LogP contribution in [0.1, 0.15) is 32.6 Å². The summed E-state index contributed by atoms with van der Waals surface area (Å²) >= 11 is 0. The zero-order valence-corrected chi connectivity index (χ0v) is 13.6. The zero-order valence-electron chi connectivity index (χ0n) is 13.6. The minimum atomic E-state index is -0.389. The smallest absolute Gasteiger partial charge is 0.168 e. The SMILES string of the molecule is COc1cc(C)c(Cc2cc(C)c(O)c(O)c2C=O)c(OC)c1. The number of aromatic hydroxyl groups is 2. The minimum Gasteiger partial charge on any atom is -0.504 e. The number of hydrogen-bond acceptors (Lipinski definition) is 5. The molecule has 122 valence electrons. The van der Waals surface area contributed by atoms with E-state index >= 15 is 0 Å². The highest BCUT2D eigenvalue weighted by atomic mass is 16.5. The van der Waals surface area contributed by atoms with Crippen LogP contribution in [-0.2, 0) is 6.42 Å².